The number of nitrogens with zero attached hydrogens (tertiary/aromatic N) is 1. The zero-order valence-corrected chi connectivity index (χ0v) is 13.1. The van der Waals surface area contributed by atoms with E-state index in [1.807, 2.05) is 0 Å². The molecule has 1 N–H and O–H groups in total. The molecule has 2 nitrogen and oxygen atoms in total. The van der Waals surface area contributed by atoms with Crippen molar-refractivity contribution in [3.63, 3.8) is 0 Å². The van der Waals surface area contributed by atoms with Crippen molar-refractivity contribution in [2.45, 2.75) is 57.0 Å². The second kappa shape index (κ2) is 6.10. The number of piperidine rings is 1. The lowest BCUT2D eigenvalue weighted by Crippen LogP contribution is -2.40. The minimum absolute atomic E-state index is 0.824. The second-order valence-electron chi connectivity index (χ2n) is 7.33. The Bertz CT molecular complexity index is 449. The molecule has 2 heteroatoms. The molecule has 1 aliphatic carbocycles. The maximum Gasteiger partial charge on any atom is 0.0233 e. The van der Waals surface area contributed by atoms with Gasteiger partial charge in [0.2, 0.25) is 0 Å². The van der Waals surface area contributed by atoms with Gasteiger partial charge in [0.1, 0.15) is 0 Å². The van der Waals surface area contributed by atoms with E-state index in [-0.39, 0.29) is 0 Å². The van der Waals surface area contributed by atoms with Gasteiger partial charge in [-0.1, -0.05) is 24.3 Å². The van der Waals surface area contributed by atoms with Gasteiger partial charge in [-0.05, 0) is 81.1 Å². The van der Waals surface area contributed by atoms with Crippen LogP contribution in [0.4, 0.5) is 0 Å². The monoisotopic (exact) mass is 284 g/mol. The van der Waals surface area contributed by atoms with Crippen LogP contribution >= 0.6 is 0 Å². The van der Waals surface area contributed by atoms with Gasteiger partial charge in [0.05, 0.1) is 0 Å². The Balaban J connectivity index is 1.27. The molecule has 21 heavy (non-hydrogen) atoms. The van der Waals surface area contributed by atoms with Gasteiger partial charge in [-0.25, -0.2) is 0 Å². The van der Waals surface area contributed by atoms with E-state index in [9.17, 15) is 0 Å². The Morgan fingerprint density at radius 3 is 2.33 bits per heavy atom. The molecule has 1 aromatic carbocycles. The third-order valence-corrected chi connectivity index (χ3v) is 5.73. The smallest absolute Gasteiger partial charge is 0.0233 e. The van der Waals surface area contributed by atoms with Gasteiger partial charge in [0.15, 0.2) is 0 Å². The van der Waals surface area contributed by atoms with Gasteiger partial charge in [-0.15, -0.1) is 0 Å². The fourth-order valence-corrected chi connectivity index (χ4v) is 4.20. The molecular weight excluding hydrogens is 256 g/mol. The minimum atomic E-state index is 0.824. The Hall–Kier alpha value is -0.860. The molecule has 2 saturated heterocycles. The first-order valence-electron chi connectivity index (χ1n) is 8.93. The summed E-state index contributed by atoms with van der Waals surface area (Å²) in [5.74, 6) is 1.81. The van der Waals surface area contributed by atoms with Crippen molar-refractivity contribution < 1.29 is 0 Å². The average Bonchev–Trinajstić information content (AvgIpc) is 3.23. The van der Waals surface area contributed by atoms with E-state index in [0.29, 0.717) is 0 Å². The second-order valence-corrected chi connectivity index (χ2v) is 7.33. The largest absolute Gasteiger partial charge is 0.314 e. The SMILES string of the molecule is c1cc(C2CC2)ccc1CN1CCC(C2CCCN2)CC1. The van der Waals surface area contributed by atoms with Gasteiger partial charge in [-0.2, -0.15) is 0 Å². The van der Waals surface area contributed by atoms with Crippen LogP contribution in [-0.4, -0.2) is 30.6 Å². The Morgan fingerprint density at radius 2 is 1.71 bits per heavy atom. The Labute approximate surface area is 128 Å². The maximum atomic E-state index is 3.70. The minimum Gasteiger partial charge on any atom is -0.314 e. The number of benzene rings is 1. The molecule has 1 unspecified atom stereocenters. The number of rotatable bonds is 4. The molecule has 4 rings (SSSR count). The first-order valence-corrected chi connectivity index (χ1v) is 8.93. The summed E-state index contributed by atoms with van der Waals surface area (Å²) in [6.45, 7) is 4.97. The van der Waals surface area contributed by atoms with E-state index in [2.05, 4.69) is 34.5 Å². The number of hydrogen-bond acceptors (Lipinski definition) is 2. The molecule has 114 valence electrons. The summed E-state index contributed by atoms with van der Waals surface area (Å²) >= 11 is 0. The van der Waals surface area contributed by atoms with Gasteiger partial charge in [0.25, 0.3) is 0 Å². The summed E-state index contributed by atoms with van der Waals surface area (Å²) in [4.78, 5) is 2.65. The van der Waals surface area contributed by atoms with Crippen LogP contribution in [0.1, 0.15) is 55.6 Å². The van der Waals surface area contributed by atoms with Gasteiger partial charge in [0, 0.05) is 12.6 Å². The van der Waals surface area contributed by atoms with E-state index >= 15 is 0 Å². The molecule has 1 aromatic rings. The first kappa shape index (κ1) is 13.8. The molecule has 0 aromatic heterocycles. The molecule has 3 fully saturated rings. The van der Waals surface area contributed by atoms with Crippen LogP contribution in [0.2, 0.25) is 0 Å². The Kier molecular flexibility index (Phi) is 4.00. The highest BCUT2D eigenvalue weighted by atomic mass is 15.1. The van der Waals surface area contributed by atoms with E-state index < -0.39 is 0 Å². The third kappa shape index (κ3) is 3.32. The highest BCUT2D eigenvalue weighted by molar-refractivity contribution is 5.28. The summed E-state index contributed by atoms with van der Waals surface area (Å²) in [7, 11) is 0. The fraction of sp³-hybridized carbons (Fsp3) is 0.684. The van der Waals surface area contributed by atoms with E-state index in [1.165, 1.54) is 63.7 Å². The summed E-state index contributed by atoms with van der Waals surface area (Å²) in [6, 6.07) is 10.3. The van der Waals surface area contributed by atoms with Gasteiger partial charge >= 0.3 is 0 Å². The summed E-state index contributed by atoms with van der Waals surface area (Å²) in [6.07, 6.45) is 8.38. The predicted octanol–water partition coefficient (Wildman–Crippen LogP) is 3.53. The van der Waals surface area contributed by atoms with Crippen molar-refractivity contribution in [3.05, 3.63) is 35.4 Å². The van der Waals surface area contributed by atoms with Crippen LogP contribution in [0.5, 0.6) is 0 Å². The van der Waals surface area contributed by atoms with Crippen molar-refractivity contribution in [2.24, 2.45) is 5.92 Å². The van der Waals surface area contributed by atoms with Crippen molar-refractivity contribution in [1.29, 1.82) is 0 Å². The molecule has 2 heterocycles. The maximum absolute atomic E-state index is 3.70. The number of hydrogen-bond donors (Lipinski definition) is 1. The lowest BCUT2D eigenvalue weighted by Gasteiger charge is -2.35. The summed E-state index contributed by atoms with van der Waals surface area (Å²) < 4.78 is 0. The topological polar surface area (TPSA) is 15.3 Å². The van der Waals surface area contributed by atoms with Crippen LogP contribution in [-0.2, 0) is 6.54 Å². The van der Waals surface area contributed by atoms with Crippen molar-refractivity contribution in [2.75, 3.05) is 19.6 Å². The van der Waals surface area contributed by atoms with Crippen molar-refractivity contribution in [1.82, 2.24) is 10.2 Å². The zero-order valence-electron chi connectivity index (χ0n) is 13.1. The molecule has 1 atom stereocenters. The van der Waals surface area contributed by atoms with E-state index in [1.54, 1.807) is 5.56 Å². The van der Waals surface area contributed by atoms with E-state index in [0.717, 1.165) is 24.4 Å². The normalized spacial score (nSPS) is 28.1. The average molecular weight is 284 g/mol. The molecular formula is C19H28N2. The standard InChI is InChI=1S/C19H28N2/c1-2-19(20-11-1)18-9-12-21(13-10-18)14-15-3-5-16(6-4-15)17-7-8-17/h3-6,17-20H,1-2,7-14H2. The van der Waals surface area contributed by atoms with Crippen LogP contribution in [0.25, 0.3) is 0 Å². The van der Waals surface area contributed by atoms with E-state index in [4.69, 9.17) is 0 Å². The fourth-order valence-electron chi connectivity index (χ4n) is 4.20. The molecule has 2 aliphatic heterocycles. The molecule has 0 bridgehead atoms. The molecule has 0 radical (unpaired) electrons. The van der Waals surface area contributed by atoms with Crippen LogP contribution in [0, 0.1) is 5.92 Å². The highest BCUT2D eigenvalue weighted by Crippen LogP contribution is 2.40. The van der Waals surface area contributed by atoms with Crippen molar-refractivity contribution >= 4 is 0 Å². The van der Waals surface area contributed by atoms with Gasteiger partial charge in [-0.3, -0.25) is 4.90 Å². The molecule has 3 aliphatic rings. The Morgan fingerprint density at radius 1 is 0.952 bits per heavy atom. The molecule has 1 saturated carbocycles. The lowest BCUT2D eigenvalue weighted by atomic mass is 9.88. The number of likely N-dealkylation sites (tertiary alicyclic amines) is 1. The lowest BCUT2D eigenvalue weighted by molar-refractivity contribution is 0.157. The zero-order chi connectivity index (χ0) is 14.1. The predicted molar refractivity (Wildman–Crippen MR) is 87.4 cm³/mol. The molecule has 0 amide bonds. The first-order chi connectivity index (χ1) is 10.4. The van der Waals surface area contributed by atoms with Crippen molar-refractivity contribution in [3.8, 4) is 0 Å². The van der Waals surface area contributed by atoms with Crippen LogP contribution in [0.15, 0.2) is 24.3 Å². The third-order valence-electron chi connectivity index (χ3n) is 5.73. The number of nitrogens with one attached hydrogen (secondary N) is 1. The quantitative estimate of drug-likeness (QED) is 0.910. The summed E-state index contributed by atoms with van der Waals surface area (Å²) in [5, 5.41) is 3.70. The van der Waals surface area contributed by atoms with Crippen LogP contribution in [0.3, 0.4) is 0 Å². The van der Waals surface area contributed by atoms with Gasteiger partial charge < -0.3 is 5.32 Å². The summed E-state index contributed by atoms with van der Waals surface area (Å²) in [5.41, 5.74) is 3.06. The molecule has 0 spiro atoms. The van der Waals surface area contributed by atoms with Crippen LogP contribution < -0.4 is 5.32 Å². The highest BCUT2D eigenvalue weighted by Gasteiger charge is 2.28.